The summed E-state index contributed by atoms with van der Waals surface area (Å²) in [6.07, 6.45) is -0.118. The van der Waals surface area contributed by atoms with Crippen LogP contribution < -0.4 is 0 Å². The summed E-state index contributed by atoms with van der Waals surface area (Å²) in [5.41, 5.74) is 0. The van der Waals surface area contributed by atoms with Gasteiger partial charge in [0.1, 0.15) is 6.10 Å². The number of likely N-dealkylation sites (tertiary alicyclic amines) is 1. The van der Waals surface area contributed by atoms with Crippen LogP contribution in [0.15, 0.2) is 0 Å². The highest BCUT2D eigenvalue weighted by Gasteiger charge is 2.32. The van der Waals surface area contributed by atoms with Gasteiger partial charge in [0.15, 0.2) is 0 Å². The number of rotatable bonds is 4. The van der Waals surface area contributed by atoms with Crippen LogP contribution in [0.3, 0.4) is 0 Å². The molecular formula is C8H17NO3S. The Bertz CT molecular complexity index is 255. The van der Waals surface area contributed by atoms with Crippen LogP contribution in [0.4, 0.5) is 0 Å². The van der Waals surface area contributed by atoms with E-state index in [0.29, 0.717) is 6.04 Å². The van der Waals surface area contributed by atoms with Gasteiger partial charge in [0.05, 0.1) is 5.75 Å². The highest BCUT2D eigenvalue weighted by Crippen LogP contribution is 2.16. The molecule has 13 heavy (non-hydrogen) atoms. The normalized spacial score (nSPS) is 20.6. The Hall–Kier alpha value is -0.130. The Morgan fingerprint density at radius 1 is 1.46 bits per heavy atom. The summed E-state index contributed by atoms with van der Waals surface area (Å²) in [7, 11) is -3.26. The van der Waals surface area contributed by atoms with E-state index >= 15 is 0 Å². The highest BCUT2D eigenvalue weighted by atomic mass is 32.2. The summed E-state index contributed by atoms with van der Waals surface area (Å²) in [5, 5.41) is 0. The fraction of sp³-hybridized carbons (Fsp3) is 1.00. The van der Waals surface area contributed by atoms with Gasteiger partial charge >= 0.3 is 0 Å². The van der Waals surface area contributed by atoms with Crippen LogP contribution in [0.1, 0.15) is 20.8 Å². The molecule has 0 unspecified atom stereocenters. The van der Waals surface area contributed by atoms with E-state index in [9.17, 15) is 8.42 Å². The van der Waals surface area contributed by atoms with Crippen LogP contribution in [-0.4, -0.2) is 44.3 Å². The first kappa shape index (κ1) is 10.9. The molecule has 1 fully saturated rings. The van der Waals surface area contributed by atoms with Crippen LogP contribution in [0.25, 0.3) is 0 Å². The Morgan fingerprint density at radius 2 is 2.00 bits per heavy atom. The standard InChI is InChI=1S/C8H17NO3S/c1-4-13(10,11)12-8-5-9(6-8)7(2)3/h7-8H,4-6H2,1-3H3. The van der Waals surface area contributed by atoms with E-state index in [-0.39, 0.29) is 11.9 Å². The molecule has 0 N–H and O–H groups in total. The van der Waals surface area contributed by atoms with Gasteiger partial charge in [-0.2, -0.15) is 8.42 Å². The zero-order valence-corrected chi connectivity index (χ0v) is 9.17. The van der Waals surface area contributed by atoms with Gasteiger partial charge in [0.25, 0.3) is 10.1 Å². The third-order valence-corrected chi connectivity index (χ3v) is 3.52. The second-order valence-corrected chi connectivity index (χ2v) is 5.50. The molecule has 1 aliphatic heterocycles. The van der Waals surface area contributed by atoms with Crippen molar-refractivity contribution in [3.8, 4) is 0 Å². The molecule has 0 aromatic carbocycles. The molecule has 0 bridgehead atoms. The van der Waals surface area contributed by atoms with E-state index in [2.05, 4.69) is 18.7 Å². The monoisotopic (exact) mass is 207 g/mol. The molecule has 0 amide bonds. The first-order valence-corrected chi connectivity index (χ1v) is 6.17. The Labute approximate surface area is 80.0 Å². The van der Waals surface area contributed by atoms with Crippen molar-refractivity contribution < 1.29 is 12.6 Å². The molecule has 0 aromatic rings. The second kappa shape index (κ2) is 3.94. The largest absolute Gasteiger partial charge is 0.296 e. The van der Waals surface area contributed by atoms with Crippen molar-refractivity contribution >= 4 is 10.1 Å². The van der Waals surface area contributed by atoms with Crippen molar-refractivity contribution in [1.29, 1.82) is 0 Å². The molecule has 1 heterocycles. The van der Waals surface area contributed by atoms with E-state index in [1.165, 1.54) is 0 Å². The summed E-state index contributed by atoms with van der Waals surface area (Å²) in [6.45, 7) is 7.23. The van der Waals surface area contributed by atoms with Crippen molar-refractivity contribution in [2.45, 2.75) is 32.9 Å². The Balaban J connectivity index is 2.30. The van der Waals surface area contributed by atoms with Crippen LogP contribution in [0.2, 0.25) is 0 Å². The smallest absolute Gasteiger partial charge is 0.267 e. The van der Waals surface area contributed by atoms with Gasteiger partial charge < -0.3 is 0 Å². The summed E-state index contributed by atoms with van der Waals surface area (Å²) < 4.78 is 27.0. The minimum Gasteiger partial charge on any atom is -0.296 e. The predicted molar refractivity (Wildman–Crippen MR) is 51.0 cm³/mol. The van der Waals surface area contributed by atoms with Crippen LogP contribution in [0.5, 0.6) is 0 Å². The maximum atomic E-state index is 11.0. The van der Waals surface area contributed by atoms with Crippen molar-refractivity contribution in [2.75, 3.05) is 18.8 Å². The third kappa shape index (κ3) is 2.93. The average molecular weight is 207 g/mol. The number of nitrogens with zero attached hydrogens (tertiary/aromatic N) is 1. The van der Waals surface area contributed by atoms with Gasteiger partial charge in [-0.15, -0.1) is 0 Å². The van der Waals surface area contributed by atoms with Gasteiger partial charge in [0, 0.05) is 19.1 Å². The second-order valence-electron chi connectivity index (χ2n) is 3.61. The number of hydrogen-bond acceptors (Lipinski definition) is 4. The quantitative estimate of drug-likeness (QED) is 0.628. The maximum absolute atomic E-state index is 11.0. The summed E-state index contributed by atoms with van der Waals surface area (Å²) in [4.78, 5) is 2.18. The lowest BCUT2D eigenvalue weighted by Gasteiger charge is -2.40. The first-order valence-electron chi connectivity index (χ1n) is 4.59. The summed E-state index contributed by atoms with van der Waals surface area (Å²) in [6, 6.07) is 0.476. The molecule has 5 heteroatoms. The molecule has 78 valence electrons. The molecule has 1 aliphatic rings. The number of hydrogen-bond donors (Lipinski definition) is 0. The molecule has 0 aromatic heterocycles. The van der Waals surface area contributed by atoms with Crippen molar-refractivity contribution in [3.05, 3.63) is 0 Å². The van der Waals surface area contributed by atoms with Gasteiger partial charge in [-0.1, -0.05) is 0 Å². The molecule has 4 nitrogen and oxygen atoms in total. The van der Waals surface area contributed by atoms with Crippen LogP contribution in [-0.2, 0) is 14.3 Å². The Kier molecular flexibility index (Phi) is 3.32. The van der Waals surface area contributed by atoms with Crippen LogP contribution >= 0.6 is 0 Å². The van der Waals surface area contributed by atoms with Gasteiger partial charge in [-0.25, -0.2) is 0 Å². The Morgan fingerprint density at radius 3 is 2.38 bits per heavy atom. The summed E-state index contributed by atoms with van der Waals surface area (Å²) >= 11 is 0. The SMILES string of the molecule is CCS(=O)(=O)OC1CN(C(C)C)C1. The molecule has 1 rings (SSSR count). The first-order chi connectivity index (χ1) is 5.94. The van der Waals surface area contributed by atoms with E-state index in [1.54, 1.807) is 6.92 Å². The van der Waals surface area contributed by atoms with E-state index in [4.69, 9.17) is 4.18 Å². The van der Waals surface area contributed by atoms with Crippen molar-refractivity contribution in [2.24, 2.45) is 0 Å². The topological polar surface area (TPSA) is 46.6 Å². The van der Waals surface area contributed by atoms with Crippen molar-refractivity contribution in [3.63, 3.8) is 0 Å². The molecule has 0 radical (unpaired) electrons. The molecule has 0 spiro atoms. The molecule has 0 aliphatic carbocycles. The minimum absolute atomic E-state index is 0.0607. The van der Waals surface area contributed by atoms with Gasteiger partial charge in [-0.05, 0) is 20.8 Å². The molecular weight excluding hydrogens is 190 g/mol. The average Bonchev–Trinajstić information content (AvgIpc) is 1.95. The van der Waals surface area contributed by atoms with Gasteiger partial charge in [-0.3, -0.25) is 9.08 Å². The zero-order chi connectivity index (χ0) is 10.1. The zero-order valence-electron chi connectivity index (χ0n) is 8.36. The van der Waals surface area contributed by atoms with Gasteiger partial charge in [0.2, 0.25) is 0 Å². The lowest BCUT2D eigenvalue weighted by Crippen LogP contribution is -2.55. The van der Waals surface area contributed by atoms with Crippen molar-refractivity contribution in [1.82, 2.24) is 4.90 Å². The molecule has 0 saturated carbocycles. The lowest BCUT2D eigenvalue weighted by atomic mass is 10.1. The summed E-state index contributed by atoms with van der Waals surface area (Å²) in [5.74, 6) is 0.0607. The fourth-order valence-corrected chi connectivity index (χ4v) is 1.90. The third-order valence-electron chi connectivity index (χ3n) is 2.24. The maximum Gasteiger partial charge on any atom is 0.267 e. The predicted octanol–water partition coefficient (Wildman–Crippen LogP) is 0.445. The molecule has 1 saturated heterocycles. The minimum atomic E-state index is -3.26. The van der Waals surface area contributed by atoms with E-state index in [1.807, 2.05) is 0 Å². The van der Waals surface area contributed by atoms with E-state index < -0.39 is 10.1 Å². The fourth-order valence-electron chi connectivity index (χ4n) is 1.23. The van der Waals surface area contributed by atoms with E-state index in [0.717, 1.165) is 13.1 Å². The van der Waals surface area contributed by atoms with Crippen LogP contribution in [0, 0.1) is 0 Å². The molecule has 0 atom stereocenters. The highest BCUT2D eigenvalue weighted by molar-refractivity contribution is 7.86. The lowest BCUT2D eigenvalue weighted by molar-refractivity contribution is 0.00413.